The molecule has 0 aliphatic carbocycles. The number of rotatable bonds is 7. The number of nitrogens with zero attached hydrogens (tertiary/aromatic N) is 2. The smallest absolute Gasteiger partial charge is 0.342 e. The van der Waals surface area contributed by atoms with Crippen LogP contribution < -0.4 is 5.32 Å². The molecule has 0 spiro atoms. The summed E-state index contributed by atoms with van der Waals surface area (Å²) in [6, 6.07) is 0. The van der Waals surface area contributed by atoms with Crippen LogP contribution in [0.2, 0.25) is 0 Å². The van der Waals surface area contributed by atoms with Gasteiger partial charge in [0.1, 0.15) is 6.54 Å². The van der Waals surface area contributed by atoms with E-state index in [1.54, 1.807) is 11.9 Å². The van der Waals surface area contributed by atoms with Crippen molar-refractivity contribution in [2.24, 2.45) is 5.92 Å². The van der Waals surface area contributed by atoms with E-state index in [-0.39, 0.29) is 31.4 Å². The lowest BCUT2D eigenvalue weighted by Gasteiger charge is -2.35. The van der Waals surface area contributed by atoms with Gasteiger partial charge in [0.25, 0.3) is 0 Å². The standard InChI is InChI=1S/C15H26F3N3O2.ClH/c1-3-20(11-15(16,17)18)14(23)12-6-5-9-21(10-12)13(22)7-4-8-19-2;/h12,19H,3-11H2,1-2H3;1H. The molecule has 0 aromatic heterocycles. The largest absolute Gasteiger partial charge is 0.406 e. The average molecular weight is 374 g/mol. The Balaban J connectivity index is 0.00000529. The lowest BCUT2D eigenvalue weighted by molar-refractivity contribution is -0.164. The summed E-state index contributed by atoms with van der Waals surface area (Å²) in [6.45, 7) is 1.86. The number of carbonyl (C=O) groups is 2. The summed E-state index contributed by atoms with van der Waals surface area (Å²) in [6.07, 6.45) is -2.12. The van der Waals surface area contributed by atoms with Gasteiger partial charge in [-0.25, -0.2) is 0 Å². The number of nitrogens with one attached hydrogen (secondary N) is 1. The van der Waals surface area contributed by atoms with E-state index in [2.05, 4.69) is 5.32 Å². The number of piperidine rings is 1. The van der Waals surface area contributed by atoms with E-state index in [0.717, 1.165) is 11.4 Å². The number of likely N-dealkylation sites (tertiary alicyclic amines) is 1. The Labute approximate surface area is 147 Å². The summed E-state index contributed by atoms with van der Waals surface area (Å²) < 4.78 is 37.6. The minimum Gasteiger partial charge on any atom is -0.342 e. The van der Waals surface area contributed by atoms with Crippen molar-refractivity contribution in [2.75, 3.05) is 39.8 Å². The molecule has 1 fully saturated rings. The number of carbonyl (C=O) groups excluding carboxylic acids is 2. The first kappa shape index (κ1) is 23.0. The van der Waals surface area contributed by atoms with Gasteiger partial charge >= 0.3 is 6.18 Å². The fourth-order valence-corrected chi connectivity index (χ4v) is 2.80. The van der Waals surface area contributed by atoms with Crippen LogP contribution >= 0.6 is 12.4 Å². The van der Waals surface area contributed by atoms with Crippen molar-refractivity contribution >= 4 is 24.2 Å². The topological polar surface area (TPSA) is 52.7 Å². The molecule has 5 nitrogen and oxygen atoms in total. The van der Waals surface area contributed by atoms with Crippen LogP contribution in [-0.4, -0.2) is 67.6 Å². The quantitative estimate of drug-likeness (QED) is 0.695. The van der Waals surface area contributed by atoms with Crippen LogP contribution in [0, 0.1) is 5.92 Å². The van der Waals surface area contributed by atoms with Gasteiger partial charge in [-0.2, -0.15) is 13.2 Å². The molecule has 142 valence electrons. The predicted molar refractivity (Wildman–Crippen MR) is 88.0 cm³/mol. The normalized spacial score (nSPS) is 18.0. The van der Waals surface area contributed by atoms with Crippen LogP contribution in [0.5, 0.6) is 0 Å². The van der Waals surface area contributed by atoms with Gasteiger partial charge in [0.15, 0.2) is 0 Å². The van der Waals surface area contributed by atoms with E-state index >= 15 is 0 Å². The molecule has 1 heterocycles. The zero-order valence-corrected chi connectivity index (χ0v) is 15.0. The molecule has 0 aromatic carbocycles. The molecule has 1 rings (SSSR count). The van der Waals surface area contributed by atoms with Crippen LogP contribution in [0.1, 0.15) is 32.6 Å². The Morgan fingerprint density at radius 3 is 2.54 bits per heavy atom. The molecule has 1 aliphatic heterocycles. The Bertz CT molecular complexity index is 408. The maximum absolute atomic E-state index is 12.5. The summed E-state index contributed by atoms with van der Waals surface area (Å²) in [5.41, 5.74) is 0. The number of hydrogen-bond donors (Lipinski definition) is 1. The molecule has 1 N–H and O–H groups in total. The van der Waals surface area contributed by atoms with Gasteiger partial charge in [0.2, 0.25) is 11.8 Å². The van der Waals surface area contributed by atoms with Gasteiger partial charge in [0.05, 0.1) is 5.92 Å². The highest BCUT2D eigenvalue weighted by atomic mass is 35.5. The van der Waals surface area contributed by atoms with Crippen LogP contribution in [0.25, 0.3) is 0 Å². The molecule has 1 aliphatic rings. The minimum absolute atomic E-state index is 0. The van der Waals surface area contributed by atoms with Crippen LogP contribution in [0.15, 0.2) is 0 Å². The Morgan fingerprint density at radius 1 is 1.33 bits per heavy atom. The van der Waals surface area contributed by atoms with Crippen LogP contribution in [0.4, 0.5) is 13.2 Å². The minimum atomic E-state index is -4.40. The monoisotopic (exact) mass is 373 g/mol. The van der Waals surface area contributed by atoms with Crippen molar-refractivity contribution in [2.45, 2.75) is 38.8 Å². The number of alkyl halides is 3. The third-order valence-electron chi connectivity index (χ3n) is 4.00. The summed E-state index contributed by atoms with van der Waals surface area (Å²) >= 11 is 0. The van der Waals surface area contributed by atoms with E-state index in [1.807, 2.05) is 0 Å². The van der Waals surface area contributed by atoms with Crippen molar-refractivity contribution in [1.29, 1.82) is 0 Å². The Hall–Kier alpha value is -1.02. The lowest BCUT2D eigenvalue weighted by atomic mass is 9.96. The molecule has 1 atom stereocenters. The molecule has 9 heteroatoms. The fourth-order valence-electron chi connectivity index (χ4n) is 2.80. The highest BCUT2D eigenvalue weighted by Crippen LogP contribution is 2.23. The highest BCUT2D eigenvalue weighted by Gasteiger charge is 2.36. The molecule has 0 saturated carbocycles. The van der Waals surface area contributed by atoms with Crippen LogP contribution in [0.3, 0.4) is 0 Å². The van der Waals surface area contributed by atoms with Gasteiger partial charge in [-0.1, -0.05) is 0 Å². The first-order chi connectivity index (χ1) is 10.8. The highest BCUT2D eigenvalue weighted by molar-refractivity contribution is 5.85. The Kier molecular flexibility index (Phi) is 10.3. The van der Waals surface area contributed by atoms with Crippen molar-refractivity contribution in [1.82, 2.24) is 15.1 Å². The maximum atomic E-state index is 12.5. The third kappa shape index (κ3) is 7.70. The van der Waals surface area contributed by atoms with E-state index < -0.39 is 24.5 Å². The predicted octanol–water partition coefficient (Wildman–Crippen LogP) is 2.06. The van der Waals surface area contributed by atoms with Crippen LogP contribution in [-0.2, 0) is 9.59 Å². The average Bonchev–Trinajstić information content (AvgIpc) is 2.51. The van der Waals surface area contributed by atoms with Gasteiger partial charge in [-0.3, -0.25) is 9.59 Å². The molecule has 0 aromatic rings. The second-order valence-electron chi connectivity index (χ2n) is 5.85. The van der Waals surface area contributed by atoms with E-state index in [4.69, 9.17) is 0 Å². The molecular formula is C15H27ClF3N3O2. The van der Waals surface area contributed by atoms with E-state index in [0.29, 0.717) is 32.2 Å². The van der Waals surface area contributed by atoms with Gasteiger partial charge in [0, 0.05) is 26.1 Å². The van der Waals surface area contributed by atoms with Gasteiger partial charge in [-0.05, 0) is 39.8 Å². The molecule has 0 bridgehead atoms. The molecule has 1 unspecified atom stereocenters. The first-order valence-electron chi connectivity index (χ1n) is 8.06. The molecular weight excluding hydrogens is 347 g/mol. The van der Waals surface area contributed by atoms with Gasteiger partial charge < -0.3 is 15.1 Å². The second kappa shape index (κ2) is 10.8. The number of amides is 2. The summed E-state index contributed by atoms with van der Waals surface area (Å²) in [5, 5.41) is 2.96. The SMILES string of the molecule is CCN(CC(F)(F)F)C(=O)C1CCCN(C(=O)CCCNC)C1.Cl. The van der Waals surface area contributed by atoms with E-state index in [1.165, 1.54) is 6.92 Å². The van der Waals surface area contributed by atoms with Crippen molar-refractivity contribution in [3.05, 3.63) is 0 Å². The molecule has 2 amide bonds. The van der Waals surface area contributed by atoms with Crippen molar-refractivity contribution < 1.29 is 22.8 Å². The molecule has 1 saturated heterocycles. The number of halogens is 4. The first-order valence-corrected chi connectivity index (χ1v) is 8.06. The van der Waals surface area contributed by atoms with Gasteiger partial charge in [-0.15, -0.1) is 12.4 Å². The maximum Gasteiger partial charge on any atom is 0.406 e. The Morgan fingerprint density at radius 2 is 2.00 bits per heavy atom. The lowest BCUT2D eigenvalue weighted by Crippen LogP contribution is -2.48. The van der Waals surface area contributed by atoms with Crippen molar-refractivity contribution in [3.8, 4) is 0 Å². The summed E-state index contributed by atoms with van der Waals surface area (Å²) in [7, 11) is 1.81. The fraction of sp³-hybridized carbons (Fsp3) is 0.867. The second-order valence-corrected chi connectivity index (χ2v) is 5.85. The zero-order chi connectivity index (χ0) is 17.5. The third-order valence-corrected chi connectivity index (χ3v) is 4.00. The van der Waals surface area contributed by atoms with E-state index in [9.17, 15) is 22.8 Å². The molecule has 24 heavy (non-hydrogen) atoms. The molecule has 0 radical (unpaired) electrons. The zero-order valence-electron chi connectivity index (χ0n) is 14.2. The summed E-state index contributed by atoms with van der Waals surface area (Å²) in [4.78, 5) is 26.9. The summed E-state index contributed by atoms with van der Waals surface area (Å²) in [5.74, 6) is -1.06. The van der Waals surface area contributed by atoms with Crippen molar-refractivity contribution in [3.63, 3.8) is 0 Å². The number of hydrogen-bond acceptors (Lipinski definition) is 3.